The lowest BCUT2D eigenvalue weighted by molar-refractivity contribution is -0.122. The molecule has 0 bridgehead atoms. The Morgan fingerprint density at radius 3 is 2.33 bits per heavy atom. The van der Waals surface area contributed by atoms with Gasteiger partial charge in [-0.2, -0.15) is 0 Å². The van der Waals surface area contributed by atoms with E-state index in [1.807, 2.05) is 45.0 Å². The summed E-state index contributed by atoms with van der Waals surface area (Å²) in [5.74, 6) is 0.324. The van der Waals surface area contributed by atoms with Crippen molar-refractivity contribution in [2.24, 2.45) is 11.7 Å². The molecule has 3 nitrogen and oxygen atoms in total. The molecule has 0 spiro atoms. The van der Waals surface area contributed by atoms with Crippen LogP contribution in [0.5, 0.6) is 0 Å². The molecule has 0 saturated heterocycles. The Labute approximate surface area is 117 Å². The summed E-state index contributed by atoms with van der Waals surface area (Å²) < 4.78 is 1.03. The SMILES string of the molecule is CC(C)C(N)CC(=O)N[C@@H](C)c1ccc(Br)cc1. The van der Waals surface area contributed by atoms with Gasteiger partial charge in [0, 0.05) is 16.9 Å². The smallest absolute Gasteiger partial charge is 0.222 e. The second-order valence-electron chi connectivity index (χ2n) is 4.95. The number of halogens is 1. The van der Waals surface area contributed by atoms with Crippen LogP contribution in [0.25, 0.3) is 0 Å². The Morgan fingerprint density at radius 1 is 1.28 bits per heavy atom. The molecule has 0 aliphatic heterocycles. The lowest BCUT2D eigenvalue weighted by Gasteiger charge is -2.18. The van der Waals surface area contributed by atoms with Crippen LogP contribution in [0.4, 0.5) is 0 Å². The van der Waals surface area contributed by atoms with Crippen LogP contribution in [-0.2, 0) is 4.79 Å². The molecule has 3 N–H and O–H groups in total. The lowest BCUT2D eigenvalue weighted by atomic mass is 10.0. The van der Waals surface area contributed by atoms with Crippen LogP contribution in [0.1, 0.15) is 38.8 Å². The van der Waals surface area contributed by atoms with Crippen LogP contribution in [0.3, 0.4) is 0 Å². The average molecular weight is 313 g/mol. The van der Waals surface area contributed by atoms with Gasteiger partial charge in [0.05, 0.1) is 6.04 Å². The topological polar surface area (TPSA) is 55.1 Å². The van der Waals surface area contributed by atoms with Crippen LogP contribution in [0, 0.1) is 5.92 Å². The quantitative estimate of drug-likeness (QED) is 0.878. The highest BCUT2D eigenvalue weighted by molar-refractivity contribution is 9.10. The summed E-state index contributed by atoms with van der Waals surface area (Å²) in [6, 6.07) is 7.86. The monoisotopic (exact) mass is 312 g/mol. The van der Waals surface area contributed by atoms with Gasteiger partial charge < -0.3 is 11.1 Å². The number of hydrogen-bond acceptors (Lipinski definition) is 2. The highest BCUT2D eigenvalue weighted by Crippen LogP contribution is 2.16. The normalized spacial score (nSPS) is 14.3. The molecular formula is C14H21BrN2O. The maximum absolute atomic E-state index is 11.8. The van der Waals surface area contributed by atoms with Crippen molar-refractivity contribution in [3.63, 3.8) is 0 Å². The first-order valence-electron chi connectivity index (χ1n) is 6.20. The number of hydrogen-bond donors (Lipinski definition) is 2. The van der Waals surface area contributed by atoms with Crippen LogP contribution in [0.2, 0.25) is 0 Å². The molecule has 4 heteroatoms. The van der Waals surface area contributed by atoms with Crippen molar-refractivity contribution < 1.29 is 4.79 Å². The zero-order valence-corrected chi connectivity index (χ0v) is 12.7. The Morgan fingerprint density at radius 2 is 1.83 bits per heavy atom. The molecule has 0 heterocycles. The van der Waals surface area contributed by atoms with E-state index in [-0.39, 0.29) is 18.0 Å². The highest BCUT2D eigenvalue weighted by Gasteiger charge is 2.15. The van der Waals surface area contributed by atoms with E-state index in [4.69, 9.17) is 5.73 Å². The Kier molecular flexibility index (Phi) is 5.82. The Bertz CT molecular complexity index is 389. The Balaban J connectivity index is 2.51. The predicted molar refractivity (Wildman–Crippen MR) is 78.1 cm³/mol. The first-order valence-corrected chi connectivity index (χ1v) is 7.00. The maximum Gasteiger partial charge on any atom is 0.222 e. The van der Waals surface area contributed by atoms with Gasteiger partial charge in [-0.25, -0.2) is 0 Å². The molecule has 100 valence electrons. The first kappa shape index (κ1) is 15.2. The lowest BCUT2D eigenvalue weighted by Crippen LogP contribution is -2.35. The standard InChI is InChI=1S/C14H21BrN2O/c1-9(2)13(16)8-14(18)17-10(3)11-4-6-12(15)7-5-11/h4-7,9-10,13H,8,16H2,1-3H3,(H,17,18)/t10-,13?/m0/s1. The van der Waals surface area contributed by atoms with Crippen LogP contribution < -0.4 is 11.1 Å². The van der Waals surface area contributed by atoms with E-state index >= 15 is 0 Å². The molecule has 0 aromatic heterocycles. The summed E-state index contributed by atoms with van der Waals surface area (Å²) in [5, 5.41) is 2.97. The number of carbonyl (C=O) groups is 1. The molecule has 18 heavy (non-hydrogen) atoms. The molecular weight excluding hydrogens is 292 g/mol. The van der Waals surface area contributed by atoms with Crippen molar-refractivity contribution >= 4 is 21.8 Å². The second-order valence-corrected chi connectivity index (χ2v) is 5.87. The largest absolute Gasteiger partial charge is 0.350 e. The summed E-state index contributed by atoms with van der Waals surface area (Å²) in [5.41, 5.74) is 6.97. The number of nitrogens with two attached hydrogens (primary N) is 1. The summed E-state index contributed by atoms with van der Waals surface area (Å²) >= 11 is 3.39. The summed E-state index contributed by atoms with van der Waals surface area (Å²) in [4.78, 5) is 11.8. The van der Waals surface area contributed by atoms with Gasteiger partial charge in [0.25, 0.3) is 0 Å². The van der Waals surface area contributed by atoms with Crippen LogP contribution >= 0.6 is 15.9 Å². The van der Waals surface area contributed by atoms with E-state index in [1.165, 1.54) is 0 Å². The van der Waals surface area contributed by atoms with E-state index in [0.717, 1.165) is 10.0 Å². The third kappa shape index (κ3) is 4.78. The zero-order valence-electron chi connectivity index (χ0n) is 11.1. The van der Waals surface area contributed by atoms with Crippen molar-refractivity contribution in [2.45, 2.75) is 39.3 Å². The van der Waals surface area contributed by atoms with E-state index in [0.29, 0.717) is 12.3 Å². The minimum Gasteiger partial charge on any atom is -0.350 e. The number of amides is 1. The average Bonchev–Trinajstić information content (AvgIpc) is 2.29. The number of benzene rings is 1. The molecule has 0 radical (unpaired) electrons. The van der Waals surface area contributed by atoms with E-state index in [1.54, 1.807) is 0 Å². The number of nitrogens with one attached hydrogen (secondary N) is 1. The zero-order chi connectivity index (χ0) is 13.7. The fourth-order valence-electron chi connectivity index (χ4n) is 1.58. The molecule has 2 atom stereocenters. The molecule has 0 saturated carbocycles. The van der Waals surface area contributed by atoms with Gasteiger partial charge in [0.1, 0.15) is 0 Å². The summed E-state index contributed by atoms with van der Waals surface area (Å²) in [6.45, 7) is 6.02. The Hall–Kier alpha value is -0.870. The molecule has 1 amide bonds. The molecule has 1 aromatic rings. The van der Waals surface area contributed by atoms with Crippen molar-refractivity contribution in [3.05, 3.63) is 34.3 Å². The molecule has 1 rings (SSSR count). The third-order valence-electron chi connectivity index (χ3n) is 3.02. The van der Waals surface area contributed by atoms with E-state index in [9.17, 15) is 4.79 Å². The number of rotatable bonds is 5. The van der Waals surface area contributed by atoms with Gasteiger partial charge >= 0.3 is 0 Å². The minimum atomic E-state index is -0.0814. The fraction of sp³-hybridized carbons (Fsp3) is 0.500. The molecule has 1 unspecified atom stereocenters. The van der Waals surface area contributed by atoms with Gasteiger partial charge in [0.2, 0.25) is 5.91 Å². The van der Waals surface area contributed by atoms with Gasteiger partial charge in [-0.1, -0.05) is 41.9 Å². The van der Waals surface area contributed by atoms with Crippen molar-refractivity contribution in [1.82, 2.24) is 5.32 Å². The molecule has 0 fully saturated rings. The van der Waals surface area contributed by atoms with Gasteiger partial charge in [-0.05, 0) is 30.5 Å². The van der Waals surface area contributed by atoms with Gasteiger partial charge in [0.15, 0.2) is 0 Å². The van der Waals surface area contributed by atoms with Crippen LogP contribution in [-0.4, -0.2) is 11.9 Å². The van der Waals surface area contributed by atoms with E-state index in [2.05, 4.69) is 21.2 Å². The van der Waals surface area contributed by atoms with Crippen molar-refractivity contribution in [3.8, 4) is 0 Å². The third-order valence-corrected chi connectivity index (χ3v) is 3.55. The first-order chi connectivity index (χ1) is 8.40. The summed E-state index contributed by atoms with van der Waals surface area (Å²) in [7, 11) is 0. The predicted octanol–water partition coefficient (Wildman–Crippen LogP) is 3.00. The maximum atomic E-state index is 11.8. The molecule has 0 aliphatic carbocycles. The van der Waals surface area contributed by atoms with Crippen molar-refractivity contribution in [1.29, 1.82) is 0 Å². The molecule has 0 aliphatic rings. The molecule has 1 aromatic carbocycles. The summed E-state index contributed by atoms with van der Waals surface area (Å²) in [6.07, 6.45) is 0.374. The van der Waals surface area contributed by atoms with Gasteiger partial charge in [-0.15, -0.1) is 0 Å². The van der Waals surface area contributed by atoms with E-state index < -0.39 is 0 Å². The fourth-order valence-corrected chi connectivity index (χ4v) is 1.85. The minimum absolute atomic E-state index is 0.00459. The van der Waals surface area contributed by atoms with Crippen LogP contribution in [0.15, 0.2) is 28.7 Å². The highest BCUT2D eigenvalue weighted by atomic mass is 79.9. The van der Waals surface area contributed by atoms with Crippen molar-refractivity contribution in [2.75, 3.05) is 0 Å². The number of carbonyl (C=O) groups excluding carboxylic acids is 1. The second kappa shape index (κ2) is 6.90. The van der Waals surface area contributed by atoms with Gasteiger partial charge in [-0.3, -0.25) is 4.79 Å².